The van der Waals surface area contributed by atoms with Crippen LogP contribution in [-0.4, -0.2) is 215 Å². The summed E-state index contributed by atoms with van der Waals surface area (Å²) in [6, 6.07) is 68.5. The first kappa shape index (κ1) is 115. The molecule has 0 radical (unpaired) electrons. The largest absolute Gasteiger partial charge is 0.481 e. The summed E-state index contributed by atoms with van der Waals surface area (Å²) in [4.78, 5) is 137. The van der Waals surface area contributed by atoms with Crippen molar-refractivity contribution in [1.82, 2.24) is 35.2 Å². The summed E-state index contributed by atoms with van der Waals surface area (Å²) in [6.07, 6.45) is 0.414. The molecule has 10 rings (SSSR count). The van der Waals surface area contributed by atoms with Crippen molar-refractivity contribution in [3.05, 3.63) is 287 Å². The van der Waals surface area contributed by atoms with Crippen LogP contribution in [0.4, 0.5) is 0 Å². The number of pyridine rings is 6. The number of methoxy groups -OCH3 is 6. The Morgan fingerprint density at radius 3 is 1.10 bits per heavy atom. The lowest BCUT2D eigenvalue weighted by molar-refractivity contribution is -0.157. The van der Waals surface area contributed by atoms with Crippen molar-refractivity contribution in [3.8, 4) is 35.3 Å². The molecule has 0 aliphatic heterocycles. The number of aliphatic carboxylic acids is 1. The number of nitrogens with one attached hydrogen (secondary N) is 1. The highest BCUT2D eigenvalue weighted by Gasteiger charge is 2.27. The third kappa shape index (κ3) is 49.6. The van der Waals surface area contributed by atoms with Gasteiger partial charge in [0.05, 0.1) is 118 Å². The molecule has 0 spiro atoms. The van der Waals surface area contributed by atoms with Crippen LogP contribution >= 0.6 is 15.9 Å². The summed E-state index contributed by atoms with van der Waals surface area (Å²) in [6.45, 7) is 18.7. The van der Waals surface area contributed by atoms with Crippen molar-refractivity contribution in [2.75, 3.05) is 75.6 Å². The van der Waals surface area contributed by atoms with E-state index in [2.05, 4.69) is 56.1 Å². The fraction of sp³-hybridized carbons (Fsp3) is 0.350. The Kier molecular flexibility index (Phi) is 55.4. The zero-order valence-electron chi connectivity index (χ0n) is 79.0. The summed E-state index contributed by atoms with van der Waals surface area (Å²) < 4.78 is 59.8. The standard InChI is InChI=1S/C24H24N2O3.C19H28N2O6.C17H17NO2.C11H16N2O3.C8H14O4.C7H8BrNO.C7H7NO3.C7H9NO2/c1-3-29-24(27)21(17-20-15-10-16-22(25-20)28-2)26-23(18-11-6-4-7-12-18)19-13-8-5-9-14-19;1-6-26-18(24)14(12-13-8-7-9-16(20-13)25-5)21-15(22)10-11-17(23)27-19(2,3)4;1-2-20-16(19)13-18-17(14-9-5-3-6-10-14)15-11-7-4-8-12-15;1-3-16-11(14)9(12)7-8-5-4-6-10(13-8)15-2;1-8(2,3)12-7(11)5-4-6(9)10;1-10-7-4-2-3-6(5-8)9-7;1-11-6-4-2-3-5(8-6)7(9)10;1-10-7-4-2-3-6(5-9)8-7/h4-16,21H,3,17H2,1-2H3;7-9,14H,6,10-12H2,1-5H3,(H,21,22);3-12H,2,13H2,1H3;4-6,9H,3,7,12H2,1-2H3;4-5H2,1-3H3,(H,9,10);2-4H,5H2,1H3;2-4H,1H3,(H,9,10);2-4,9H,5H2,1H3. The number of aliphatic hydroxyl groups is 1. The van der Waals surface area contributed by atoms with Gasteiger partial charge in [0.25, 0.3) is 0 Å². The maximum absolute atomic E-state index is 12.7. The predicted molar refractivity (Wildman–Crippen MR) is 511 cm³/mol. The number of ether oxygens (including phenoxy) is 12. The molecule has 3 atom stereocenters. The van der Waals surface area contributed by atoms with Crippen LogP contribution in [-0.2, 0) is 98.0 Å². The van der Waals surface area contributed by atoms with Gasteiger partial charge in [-0.1, -0.05) is 174 Å². The first-order valence-corrected chi connectivity index (χ1v) is 43.8. The molecule has 724 valence electrons. The molecule has 10 aromatic rings. The topological polar surface area (TPSA) is 465 Å². The number of carbonyl (C=O) groups excluding carboxylic acids is 7. The molecule has 6 N–H and O–H groups in total. The Labute approximate surface area is 796 Å². The molecule has 6 aromatic heterocycles. The van der Waals surface area contributed by atoms with E-state index in [0.717, 1.165) is 44.7 Å². The Bertz CT molecular complexity index is 5090. The van der Waals surface area contributed by atoms with Gasteiger partial charge in [-0.15, -0.1) is 0 Å². The second kappa shape index (κ2) is 65.2. The number of nitrogens with zero attached hydrogens (tertiary/aromatic N) is 8. The van der Waals surface area contributed by atoms with E-state index in [9.17, 15) is 43.2 Å². The lowest BCUT2D eigenvalue weighted by Gasteiger charge is -2.20. The normalized spacial score (nSPS) is 10.8. The summed E-state index contributed by atoms with van der Waals surface area (Å²) in [5.74, 6) is -2.15. The van der Waals surface area contributed by atoms with Crippen LogP contribution in [0, 0.1) is 0 Å². The highest BCUT2D eigenvalue weighted by Crippen LogP contribution is 2.20. The molecular weight excluding hydrogens is 1810 g/mol. The number of nitrogens with two attached hydrogens (primary N) is 1. The fourth-order valence-corrected chi connectivity index (χ4v) is 11.2. The van der Waals surface area contributed by atoms with Crippen LogP contribution in [0.5, 0.6) is 35.3 Å². The number of amides is 1. The number of rotatable bonds is 36. The minimum absolute atomic E-state index is 0.00986. The van der Waals surface area contributed by atoms with Crippen molar-refractivity contribution < 1.29 is 115 Å². The van der Waals surface area contributed by atoms with Gasteiger partial charge in [-0.2, -0.15) is 0 Å². The molecule has 0 bridgehead atoms. The van der Waals surface area contributed by atoms with Gasteiger partial charge in [0.15, 0.2) is 11.7 Å². The average Bonchev–Trinajstić information content (AvgIpc) is 0.845. The molecule has 0 saturated heterocycles. The number of halogens is 1. The van der Waals surface area contributed by atoms with E-state index in [1.807, 2.05) is 152 Å². The van der Waals surface area contributed by atoms with E-state index in [1.165, 1.54) is 27.4 Å². The van der Waals surface area contributed by atoms with Crippen LogP contribution in [0.3, 0.4) is 0 Å². The van der Waals surface area contributed by atoms with Crippen molar-refractivity contribution in [2.24, 2.45) is 15.7 Å². The monoisotopic (exact) mass is 1930 g/mol. The van der Waals surface area contributed by atoms with Crippen molar-refractivity contribution in [3.63, 3.8) is 0 Å². The SMILES string of the molecule is CC(C)(C)OC(=O)CCC(=O)O.CCOC(=O)C(Cc1cccc(OC)n1)N=C(c1ccccc1)c1ccccc1.CCOC(=O)C(Cc1cccc(OC)n1)NC(=O)CCC(=O)OC(C)(C)C.CCOC(=O)C(N)Cc1cccc(OC)n1.CCOC(=O)CN=C(c1ccccc1)c1ccccc1.COc1cccc(C(=O)O)n1.COc1cccc(CBr)n1.COc1cccc(CO)n1. The van der Waals surface area contributed by atoms with Crippen molar-refractivity contribution in [1.29, 1.82) is 0 Å². The summed E-state index contributed by atoms with van der Waals surface area (Å²) >= 11 is 3.30. The third-order valence-electron chi connectivity index (χ3n) is 16.8. The lowest BCUT2D eigenvalue weighted by atomic mass is 10.0. The van der Waals surface area contributed by atoms with Crippen molar-refractivity contribution in [2.45, 2.75) is 155 Å². The minimum Gasteiger partial charge on any atom is -0.481 e. The first-order valence-electron chi connectivity index (χ1n) is 42.7. The molecule has 0 aliphatic carbocycles. The third-order valence-corrected chi connectivity index (χ3v) is 17.4. The van der Waals surface area contributed by atoms with Gasteiger partial charge < -0.3 is 83.2 Å². The smallest absolute Gasteiger partial charge is 0.354 e. The molecule has 0 saturated carbocycles. The minimum atomic E-state index is -1.05. The molecule has 35 heteroatoms. The van der Waals surface area contributed by atoms with Gasteiger partial charge in [0, 0.05) is 107 Å². The molecule has 0 fully saturated rings. The molecule has 6 heterocycles. The first-order chi connectivity index (χ1) is 64.6. The number of carboxylic acid groups (broad SMARTS) is 2. The van der Waals surface area contributed by atoms with Gasteiger partial charge in [-0.25, -0.2) is 44.3 Å². The van der Waals surface area contributed by atoms with Crippen LogP contribution in [0.1, 0.15) is 156 Å². The molecule has 1 amide bonds. The number of carbonyl (C=O) groups is 9. The van der Waals surface area contributed by atoms with E-state index in [0.29, 0.717) is 90.7 Å². The maximum atomic E-state index is 12.7. The van der Waals surface area contributed by atoms with E-state index < -0.39 is 71.1 Å². The number of hydrogen-bond acceptors (Lipinski definition) is 31. The van der Waals surface area contributed by atoms with Crippen molar-refractivity contribution >= 4 is 81.0 Å². The van der Waals surface area contributed by atoms with Crippen LogP contribution in [0.2, 0.25) is 0 Å². The zero-order chi connectivity index (χ0) is 99.9. The number of esters is 6. The fourth-order valence-electron chi connectivity index (χ4n) is 10.9. The van der Waals surface area contributed by atoms with Gasteiger partial charge in [0.2, 0.25) is 41.2 Å². The molecule has 34 nitrogen and oxygen atoms in total. The Hall–Kier alpha value is -14.5. The summed E-state index contributed by atoms with van der Waals surface area (Å²) in [5.41, 5.74) is 13.5. The van der Waals surface area contributed by atoms with E-state index in [-0.39, 0.29) is 69.5 Å². The van der Waals surface area contributed by atoms with Gasteiger partial charge in [0.1, 0.15) is 29.8 Å². The number of carboxylic acids is 2. The second-order valence-corrected chi connectivity index (χ2v) is 30.2. The van der Waals surface area contributed by atoms with Gasteiger partial charge >= 0.3 is 47.8 Å². The Morgan fingerprint density at radius 1 is 0.385 bits per heavy atom. The molecule has 4 aromatic carbocycles. The molecule has 0 aliphatic rings. The molecule has 3 unspecified atom stereocenters. The zero-order valence-corrected chi connectivity index (χ0v) is 80.6. The van der Waals surface area contributed by atoms with E-state index >= 15 is 0 Å². The highest BCUT2D eigenvalue weighted by molar-refractivity contribution is 9.08. The number of benzene rings is 4. The van der Waals surface area contributed by atoms with Crippen LogP contribution < -0.4 is 39.5 Å². The number of alkyl halides is 1. The number of aliphatic imine (C=N–C) groups is 2. The number of aromatic nitrogens is 6. The Morgan fingerprint density at radius 2 is 0.726 bits per heavy atom. The lowest BCUT2D eigenvalue weighted by Crippen LogP contribution is -2.43. The number of aromatic carboxylic acids is 1. The van der Waals surface area contributed by atoms with Gasteiger partial charge in [-0.3, -0.25) is 38.8 Å². The summed E-state index contributed by atoms with van der Waals surface area (Å²) in [7, 11) is 9.19. The molecule has 135 heavy (non-hydrogen) atoms. The van der Waals surface area contributed by atoms with E-state index in [1.54, 1.807) is 163 Å². The van der Waals surface area contributed by atoms with E-state index in [4.69, 9.17) is 82.9 Å². The Balaban J connectivity index is 0.000000410. The average molecular weight is 1930 g/mol. The number of hydrogen-bond donors (Lipinski definition) is 5. The predicted octanol–water partition coefficient (Wildman–Crippen LogP) is 14.1. The van der Waals surface area contributed by atoms with Crippen LogP contribution in [0.25, 0.3) is 0 Å². The summed E-state index contributed by atoms with van der Waals surface area (Å²) in [5, 5.41) is 28.8. The molecular formula is C100H123BrN10O24. The van der Waals surface area contributed by atoms with Gasteiger partial charge in [-0.05, 0) is 106 Å². The maximum Gasteiger partial charge on any atom is 0.354 e. The number of aliphatic hydroxyl groups excluding tert-OH is 1. The second-order valence-electron chi connectivity index (χ2n) is 29.6. The quantitative estimate of drug-likeness (QED) is 0.0105. The highest BCUT2D eigenvalue weighted by atomic mass is 79.9. The van der Waals surface area contributed by atoms with Crippen LogP contribution in [0.15, 0.2) is 241 Å².